The van der Waals surface area contributed by atoms with Crippen molar-refractivity contribution in [3.63, 3.8) is 0 Å². The van der Waals surface area contributed by atoms with E-state index >= 15 is 0 Å². The molecule has 2 heteroatoms. The minimum atomic E-state index is 0.206. The number of unbranched alkanes of at least 4 members (excludes halogenated alkanes) is 1. The summed E-state index contributed by atoms with van der Waals surface area (Å²) in [5.74, 6) is 0. The molecule has 1 aromatic carbocycles. The zero-order chi connectivity index (χ0) is 12.5. The van der Waals surface area contributed by atoms with Crippen LogP contribution in [0.5, 0.6) is 0 Å². The highest BCUT2D eigenvalue weighted by atomic mass is 16.3. The first kappa shape index (κ1) is 14.2. The number of benzene rings is 1. The van der Waals surface area contributed by atoms with Crippen LogP contribution in [0.2, 0.25) is 0 Å². The van der Waals surface area contributed by atoms with Gasteiger partial charge < -0.3 is 10.4 Å². The van der Waals surface area contributed by atoms with Crippen LogP contribution in [0.1, 0.15) is 51.1 Å². The highest BCUT2D eigenvalue weighted by molar-refractivity contribution is 5.19. The molecule has 0 bridgehead atoms. The van der Waals surface area contributed by atoms with Crippen molar-refractivity contribution in [2.24, 2.45) is 0 Å². The Bertz CT molecular complexity index is 282. The fourth-order valence-electron chi connectivity index (χ4n) is 2.02. The first-order valence-electron chi connectivity index (χ1n) is 6.73. The lowest BCUT2D eigenvalue weighted by Crippen LogP contribution is -2.35. The van der Waals surface area contributed by atoms with Crippen molar-refractivity contribution in [2.75, 3.05) is 6.61 Å². The zero-order valence-electron chi connectivity index (χ0n) is 11.0. The average molecular weight is 235 g/mol. The molecule has 0 aliphatic rings. The van der Waals surface area contributed by atoms with Crippen molar-refractivity contribution >= 4 is 0 Å². The van der Waals surface area contributed by atoms with Crippen LogP contribution < -0.4 is 5.32 Å². The van der Waals surface area contributed by atoms with Gasteiger partial charge in [0.1, 0.15) is 0 Å². The quantitative estimate of drug-likeness (QED) is 0.724. The molecule has 1 unspecified atom stereocenters. The van der Waals surface area contributed by atoms with E-state index in [0.717, 1.165) is 12.8 Å². The average Bonchev–Trinajstić information content (AvgIpc) is 2.40. The summed E-state index contributed by atoms with van der Waals surface area (Å²) in [5.41, 5.74) is 1.33. The third kappa shape index (κ3) is 4.88. The summed E-state index contributed by atoms with van der Waals surface area (Å²) in [5, 5.41) is 12.8. The minimum absolute atomic E-state index is 0.206. The maximum atomic E-state index is 9.28. The molecule has 0 aliphatic carbocycles. The van der Waals surface area contributed by atoms with Crippen molar-refractivity contribution in [1.29, 1.82) is 0 Å². The summed E-state index contributed by atoms with van der Waals surface area (Å²) >= 11 is 0. The monoisotopic (exact) mass is 235 g/mol. The van der Waals surface area contributed by atoms with Gasteiger partial charge in [0.2, 0.25) is 0 Å². The summed E-state index contributed by atoms with van der Waals surface area (Å²) < 4.78 is 0. The van der Waals surface area contributed by atoms with Gasteiger partial charge in [-0.15, -0.1) is 0 Å². The molecule has 0 saturated carbocycles. The van der Waals surface area contributed by atoms with Gasteiger partial charge in [0, 0.05) is 12.1 Å². The predicted molar refractivity (Wildman–Crippen MR) is 73.0 cm³/mol. The van der Waals surface area contributed by atoms with E-state index in [1.54, 1.807) is 0 Å². The second-order valence-electron chi connectivity index (χ2n) is 4.56. The molecule has 2 nitrogen and oxygen atoms in total. The first-order valence-corrected chi connectivity index (χ1v) is 6.73. The smallest absolute Gasteiger partial charge is 0.0584 e. The van der Waals surface area contributed by atoms with Crippen molar-refractivity contribution in [3.05, 3.63) is 35.9 Å². The van der Waals surface area contributed by atoms with Crippen LogP contribution in [0.15, 0.2) is 30.3 Å². The molecule has 1 aromatic rings. The molecule has 0 saturated heterocycles. The van der Waals surface area contributed by atoms with Crippen LogP contribution in [0.25, 0.3) is 0 Å². The van der Waals surface area contributed by atoms with Crippen molar-refractivity contribution in [1.82, 2.24) is 5.32 Å². The van der Waals surface area contributed by atoms with Crippen LogP contribution >= 0.6 is 0 Å². The van der Waals surface area contributed by atoms with Crippen LogP contribution in [0.3, 0.4) is 0 Å². The normalized spacial score (nSPS) is 14.5. The van der Waals surface area contributed by atoms with Gasteiger partial charge in [0.15, 0.2) is 0 Å². The second kappa shape index (κ2) is 8.26. The summed E-state index contributed by atoms with van der Waals surface area (Å²) in [6.45, 7) is 4.53. The molecule has 96 valence electrons. The molecule has 0 amide bonds. The lowest BCUT2D eigenvalue weighted by Gasteiger charge is -2.24. The van der Waals surface area contributed by atoms with Gasteiger partial charge in [-0.1, -0.05) is 57.0 Å². The largest absolute Gasteiger partial charge is 0.395 e. The fraction of sp³-hybridized carbons (Fsp3) is 0.600. The SMILES string of the molecule is CCCCC(N[C@H](CC)CO)c1ccccc1. The van der Waals surface area contributed by atoms with Crippen molar-refractivity contribution in [2.45, 2.75) is 51.6 Å². The number of aliphatic hydroxyl groups is 1. The van der Waals surface area contributed by atoms with Gasteiger partial charge >= 0.3 is 0 Å². The Balaban J connectivity index is 2.66. The van der Waals surface area contributed by atoms with Gasteiger partial charge in [-0.2, -0.15) is 0 Å². The van der Waals surface area contributed by atoms with E-state index in [1.807, 2.05) is 6.07 Å². The maximum absolute atomic E-state index is 9.28. The van der Waals surface area contributed by atoms with E-state index in [2.05, 4.69) is 43.4 Å². The predicted octanol–water partition coefficient (Wildman–Crippen LogP) is 3.28. The molecular formula is C15H25NO. The Hall–Kier alpha value is -0.860. The molecular weight excluding hydrogens is 210 g/mol. The standard InChI is InChI=1S/C15H25NO/c1-3-5-11-15(16-14(4-2)12-17)13-9-7-6-8-10-13/h6-10,14-17H,3-5,11-12H2,1-2H3/t14-,15?/m1/s1. The summed E-state index contributed by atoms with van der Waals surface area (Å²) in [6, 6.07) is 11.1. The summed E-state index contributed by atoms with van der Waals surface area (Å²) in [4.78, 5) is 0. The minimum Gasteiger partial charge on any atom is -0.395 e. The Morgan fingerprint density at radius 2 is 1.88 bits per heavy atom. The molecule has 0 aliphatic heterocycles. The lowest BCUT2D eigenvalue weighted by molar-refractivity contribution is 0.224. The topological polar surface area (TPSA) is 32.3 Å². The van der Waals surface area contributed by atoms with Crippen LogP contribution in [-0.2, 0) is 0 Å². The van der Waals surface area contributed by atoms with Gasteiger partial charge in [-0.25, -0.2) is 0 Å². The molecule has 2 atom stereocenters. The van der Waals surface area contributed by atoms with Crippen LogP contribution in [0.4, 0.5) is 0 Å². The highest BCUT2D eigenvalue weighted by Crippen LogP contribution is 2.20. The Kier molecular flexibility index (Phi) is 6.90. The van der Waals surface area contributed by atoms with Gasteiger partial charge in [0.25, 0.3) is 0 Å². The molecule has 17 heavy (non-hydrogen) atoms. The Labute approximate surface area is 105 Å². The first-order chi connectivity index (χ1) is 8.31. The number of nitrogens with one attached hydrogen (secondary N) is 1. The molecule has 0 spiro atoms. The molecule has 2 N–H and O–H groups in total. The van der Waals surface area contributed by atoms with E-state index in [4.69, 9.17) is 0 Å². The zero-order valence-corrected chi connectivity index (χ0v) is 11.0. The summed E-state index contributed by atoms with van der Waals surface area (Å²) in [6.07, 6.45) is 4.53. The van der Waals surface area contributed by atoms with Crippen molar-refractivity contribution in [3.8, 4) is 0 Å². The third-order valence-electron chi connectivity index (χ3n) is 3.20. The van der Waals surface area contributed by atoms with E-state index in [9.17, 15) is 5.11 Å². The van der Waals surface area contributed by atoms with Gasteiger partial charge in [-0.05, 0) is 18.4 Å². The van der Waals surface area contributed by atoms with Gasteiger partial charge in [-0.3, -0.25) is 0 Å². The Morgan fingerprint density at radius 1 is 1.18 bits per heavy atom. The molecule has 0 aromatic heterocycles. The molecule has 0 radical (unpaired) electrons. The van der Waals surface area contributed by atoms with Gasteiger partial charge in [0.05, 0.1) is 6.61 Å². The maximum Gasteiger partial charge on any atom is 0.0584 e. The summed E-state index contributed by atoms with van der Waals surface area (Å²) in [7, 11) is 0. The van der Waals surface area contributed by atoms with E-state index in [0.29, 0.717) is 6.04 Å². The van der Waals surface area contributed by atoms with Crippen LogP contribution in [0, 0.1) is 0 Å². The van der Waals surface area contributed by atoms with E-state index < -0.39 is 0 Å². The Morgan fingerprint density at radius 3 is 2.41 bits per heavy atom. The van der Waals surface area contributed by atoms with Crippen molar-refractivity contribution < 1.29 is 5.11 Å². The number of hydrogen-bond acceptors (Lipinski definition) is 2. The number of rotatable bonds is 8. The lowest BCUT2D eigenvalue weighted by atomic mass is 10.00. The van der Waals surface area contributed by atoms with E-state index in [-0.39, 0.29) is 12.6 Å². The molecule has 0 heterocycles. The molecule has 1 rings (SSSR count). The van der Waals surface area contributed by atoms with Crippen LogP contribution in [-0.4, -0.2) is 17.8 Å². The third-order valence-corrected chi connectivity index (χ3v) is 3.20. The fourth-order valence-corrected chi connectivity index (χ4v) is 2.02. The van der Waals surface area contributed by atoms with E-state index in [1.165, 1.54) is 18.4 Å². The molecule has 0 fully saturated rings. The highest BCUT2D eigenvalue weighted by Gasteiger charge is 2.14. The second-order valence-corrected chi connectivity index (χ2v) is 4.56. The number of aliphatic hydroxyl groups excluding tert-OH is 1. The number of hydrogen-bond donors (Lipinski definition) is 2.